The highest BCUT2D eigenvalue weighted by Crippen LogP contribution is 2.34. The normalized spacial score (nSPS) is 14.0. The van der Waals surface area contributed by atoms with Crippen LogP contribution in [0, 0.1) is 10.1 Å². The van der Waals surface area contributed by atoms with Gasteiger partial charge in [0.05, 0.1) is 36.5 Å². The van der Waals surface area contributed by atoms with Gasteiger partial charge in [-0.15, -0.1) is 0 Å². The summed E-state index contributed by atoms with van der Waals surface area (Å²) in [6.45, 7) is 7.32. The lowest BCUT2D eigenvalue weighted by molar-refractivity contribution is -0.384. The van der Waals surface area contributed by atoms with Crippen molar-refractivity contribution in [1.29, 1.82) is 0 Å². The first-order valence-electron chi connectivity index (χ1n) is 9.82. The van der Waals surface area contributed by atoms with Crippen LogP contribution in [0.1, 0.15) is 25.0 Å². The molecule has 1 aliphatic heterocycles. The number of benzene rings is 2. The van der Waals surface area contributed by atoms with Crippen LogP contribution in [0.5, 0.6) is 11.5 Å². The van der Waals surface area contributed by atoms with Crippen molar-refractivity contribution >= 4 is 16.6 Å². The molecule has 152 valence electrons. The molecule has 3 aromatic rings. The van der Waals surface area contributed by atoms with Crippen molar-refractivity contribution in [3.8, 4) is 11.5 Å². The monoisotopic (exact) mass is 396 g/mol. The van der Waals surface area contributed by atoms with Crippen LogP contribution in [0.2, 0.25) is 0 Å². The molecule has 2 aromatic carbocycles. The third-order valence-electron chi connectivity index (χ3n) is 5.13. The van der Waals surface area contributed by atoms with Gasteiger partial charge in [0.1, 0.15) is 0 Å². The molecule has 0 spiro atoms. The second-order valence-corrected chi connectivity index (χ2v) is 7.02. The lowest BCUT2D eigenvalue weighted by Crippen LogP contribution is -2.32. The fraction of sp³-hybridized carbons (Fsp3) is 0.381. The molecular weight excluding hydrogens is 372 g/mol. The summed E-state index contributed by atoms with van der Waals surface area (Å²) in [5.74, 6) is 1.57. The third-order valence-corrected chi connectivity index (χ3v) is 5.13. The predicted octanol–water partition coefficient (Wildman–Crippen LogP) is 3.76. The molecule has 2 heterocycles. The maximum atomic E-state index is 11.1. The Balaban J connectivity index is 1.57. The largest absolute Gasteiger partial charge is 0.490 e. The van der Waals surface area contributed by atoms with Crippen molar-refractivity contribution < 1.29 is 14.4 Å². The van der Waals surface area contributed by atoms with E-state index >= 15 is 0 Å². The molecule has 0 fully saturated rings. The van der Waals surface area contributed by atoms with Gasteiger partial charge in [-0.05, 0) is 49.6 Å². The zero-order chi connectivity index (χ0) is 20.4. The molecule has 29 heavy (non-hydrogen) atoms. The maximum absolute atomic E-state index is 11.1. The number of aromatic nitrogens is 2. The Labute approximate surface area is 168 Å². The number of non-ortho nitro benzene ring substituents is 1. The minimum Gasteiger partial charge on any atom is -0.490 e. The number of nitrogens with zero attached hydrogens (tertiary/aromatic N) is 4. The van der Waals surface area contributed by atoms with Crippen molar-refractivity contribution in [2.24, 2.45) is 0 Å². The van der Waals surface area contributed by atoms with Gasteiger partial charge >= 0.3 is 0 Å². The molecule has 1 aliphatic rings. The van der Waals surface area contributed by atoms with E-state index in [1.54, 1.807) is 18.3 Å². The van der Waals surface area contributed by atoms with Crippen LogP contribution >= 0.6 is 0 Å². The van der Waals surface area contributed by atoms with Crippen molar-refractivity contribution in [2.75, 3.05) is 19.8 Å². The van der Waals surface area contributed by atoms with Gasteiger partial charge in [0.15, 0.2) is 11.5 Å². The first kappa shape index (κ1) is 19.2. The van der Waals surface area contributed by atoms with Gasteiger partial charge in [-0.1, -0.05) is 0 Å². The van der Waals surface area contributed by atoms with E-state index in [2.05, 4.69) is 22.1 Å². The smallest absolute Gasteiger partial charge is 0.271 e. The number of hydrogen-bond donors (Lipinski definition) is 0. The van der Waals surface area contributed by atoms with E-state index in [1.165, 1.54) is 17.2 Å². The molecule has 8 heteroatoms. The standard InChI is InChI=1S/C21H24N4O4/c1-3-28-20-9-15-7-8-23(13-17(15)10-21(20)29-4-2)14-24-19-11-18(25(26)27)6-5-16(19)12-22-24/h5-6,9-12H,3-4,7-8,13-14H2,1-2H3. The molecule has 4 rings (SSSR count). The number of ether oxygens (including phenoxy) is 2. The molecule has 8 nitrogen and oxygen atoms in total. The molecule has 0 bridgehead atoms. The Kier molecular flexibility index (Phi) is 5.35. The van der Waals surface area contributed by atoms with Crippen LogP contribution in [0.3, 0.4) is 0 Å². The molecule has 0 atom stereocenters. The van der Waals surface area contributed by atoms with Gasteiger partial charge in [-0.3, -0.25) is 19.7 Å². The molecule has 0 amide bonds. The summed E-state index contributed by atoms with van der Waals surface area (Å²) in [5, 5.41) is 16.4. The van der Waals surface area contributed by atoms with Gasteiger partial charge < -0.3 is 9.47 Å². The lowest BCUT2D eigenvalue weighted by Gasteiger charge is -2.29. The number of rotatable bonds is 7. The highest BCUT2D eigenvalue weighted by Gasteiger charge is 2.21. The van der Waals surface area contributed by atoms with Crippen molar-refractivity contribution in [1.82, 2.24) is 14.7 Å². The Hall–Kier alpha value is -3.13. The highest BCUT2D eigenvalue weighted by atomic mass is 16.6. The molecule has 0 saturated carbocycles. The summed E-state index contributed by atoms with van der Waals surface area (Å²) in [5.41, 5.74) is 3.33. The minimum absolute atomic E-state index is 0.0769. The van der Waals surface area contributed by atoms with Gasteiger partial charge in [0.2, 0.25) is 0 Å². The van der Waals surface area contributed by atoms with Gasteiger partial charge in [-0.2, -0.15) is 5.10 Å². The average Bonchev–Trinajstić information content (AvgIpc) is 3.11. The third kappa shape index (κ3) is 3.88. The molecule has 1 aromatic heterocycles. The summed E-state index contributed by atoms with van der Waals surface area (Å²) in [4.78, 5) is 13.0. The molecule has 0 aliphatic carbocycles. The van der Waals surface area contributed by atoms with Crippen LogP contribution in [0.15, 0.2) is 36.5 Å². The minimum atomic E-state index is -0.376. The van der Waals surface area contributed by atoms with E-state index < -0.39 is 0 Å². The average molecular weight is 396 g/mol. The number of hydrogen-bond acceptors (Lipinski definition) is 6. The van der Waals surface area contributed by atoms with E-state index in [0.717, 1.165) is 41.9 Å². The molecule has 0 unspecified atom stereocenters. The summed E-state index contributed by atoms with van der Waals surface area (Å²) in [7, 11) is 0. The Morgan fingerprint density at radius 3 is 2.52 bits per heavy atom. The van der Waals surface area contributed by atoms with Crippen LogP contribution in [0.25, 0.3) is 10.9 Å². The lowest BCUT2D eigenvalue weighted by atomic mass is 9.99. The second-order valence-electron chi connectivity index (χ2n) is 7.02. The van der Waals surface area contributed by atoms with Crippen LogP contribution < -0.4 is 9.47 Å². The molecule has 0 N–H and O–H groups in total. The number of nitro benzene ring substituents is 1. The van der Waals surface area contributed by atoms with E-state index in [4.69, 9.17) is 9.47 Å². The van der Waals surface area contributed by atoms with Crippen LogP contribution in [-0.2, 0) is 19.6 Å². The highest BCUT2D eigenvalue weighted by molar-refractivity contribution is 5.80. The molecule has 0 radical (unpaired) electrons. The number of fused-ring (bicyclic) bond motifs is 2. The predicted molar refractivity (Wildman–Crippen MR) is 109 cm³/mol. The van der Waals surface area contributed by atoms with Gasteiger partial charge in [-0.25, -0.2) is 0 Å². The topological polar surface area (TPSA) is 82.7 Å². The fourth-order valence-corrected chi connectivity index (χ4v) is 3.75. The second kappa shape index (κ2) is 8.08. The maximum Gasteiger partial charge on any atom is 0.271 e. The van der Waals surface area contributed by atoms with Crippen molar-refractivity contribution in [3.63, 3.8) is 0 Å². The zero-order valence-corrected chi connectivity index (χ0v) is 16.6. The van der Waals surface area contributed by atoms with Crippen LogP contribution in [-0.4, -0.2) is 39.4 Å². The SMILES string of the molecule is CCOc1cc2c(cc1OCC)CN(Cn1ncc3ccc([N+](=O)[O-])cc31)CC2. The van der Waals surface area contributed by atoms with Gasteiger partial charge in [0, 0.05) is 30.6 Å². The van der Waals surface area contributed by atoms with Crippen molar-refractivity contribution in [2.45, 2.75) is 33.5 Å². The van der Waals surface area contributed by atoms with E-state index in [9.17, 15) is 10.1 Å². The van der Waals surface area contributed by atoms with E-state index in [-0.39, 0.29) is 10.6 Å². The summed E-state index contributed by atoms with van der Waals surface area (Å²) in [6.07, 6.45) is 2.65. The van der Waals surface area contributed by atoms with E-state index in [1.807, 2.05) is 18.5 Å². The van der Waals surface area contributed by atoms with Gasteiger partial charge in [0.25, 0.3) is 5.69 Å². The van der Waals surface area contributed by atoms with Crippen molar-refractivity contribution in [3.05, 3.63) is 57.8 Å². The Morgan fingerprint density at radius 1 is 1.10 bits per heavy atom. The first-order valence-corrected chi connectivity index (χ1v) is 9.82. The summed E-state index contributed by atoms with van der Waals surface area (Å²) >= 11 is 0. The quantitative estimate of drug-likeness (QED) is 0.447. The Morgan fingerprint density at radius 2 is 1.83 bits per heavy atom. The molecular formula is C21H24N4O4. The fourth-order valence-electron chi connectivity index (χ4n) is 3.75. The summed E-state index contributed by atoms with van der Waals surface area (Å²) < 4.78 is 13.3. The zero-order valence-electron chi connectivity index (χ0n) is 16.6. The first-order chi connectivity index (χ1) is 14.1. The number of nitro groups is 1. The van der Waals surface area contributed by atoms with E-state index in [0.29, 0.717) is 19.9 Å². The van der Waals surface area contributed by atoms with Crippen LogP contribution in [0.4, 0.5) is 5.69 Å². The molecule has 0 saturated heterocycles. The Bertz CT molecular complexity index is 1050. The summed E-state index contributed by atoms with van der Waals surface area (Å²) in [6, 6.07) is 9.00.